The maximum atomic E-state index is 9.46. The van der Waals surface area contributed by atoms with Gasteiger partial charge < -0.3 is 15.0 Å². The summed E-state index contributed by atoms with van der Waals surface area (Å²) >= 11 is 0. The second kappa shape index (κ2) is 7.78. The van der Waals surface area contributed by atoms with Crippen LogP contribution in [0.1, 0.15) is 36.8 Å². The summed E-state index contributed by atoms with van der Waals surface area (Å²) in [7, 11) is 1.93. The van der Waals surface area contributed by atoms with Crippen molar-refractivity contribution in [1.29, 1.82) is 0 Å². The van der Waals surface area contributed by atoms with Gasteiger partial charge >= 0.3 is 0 Å². The maximum Gasteiger partial charge on any atom is 0.167 e. The van der Waals surface area contributed by atoms with Gasteiger partial charge in [-0.15, -0.1) is 0 Å². The largest absolute Gasteiger partial charge is 0.508 e. The summed E-state index contributed by atoms with van der Waals surface area (Å²) in [6.45, 7) is 8.92. The second-order valence-corrected chi connectivity index (χ2v) is 7.83. The molecule has 0 bridgehead atoms. The Balaban J connectivity index is 1.73. The van der Waals surface area contributed by atoms with Crippen molar-refractivity contribution in [2.45, 2.75) is 40.2 Å². The fourth-order valence-electron chi connectivity index (χ4n) is 3.61. The highest BCUT2D eigenvalue weighted by atomic mass is 16.3. The fraction of sp³-hybridized carbons (Fsp3) is 0.364. The van der Waals surface area contributed by atoms with Crippen molar-refractivity contribution in [2.75, 3.05) is 11.9 Å². The topological polar surface area (TPSA) is 93.7 Å². The van der Waals surface area contributed by atoms with Crippen LogP contribution < -0.4 is 5.32 Å². The van der Waals surface area contributed by atoms with Crippen LogP contribution >= 0.6 is 0 Å². The Morgan fingerprint density at radius 3 is 2.47 bits per heavy atom. The number of nitrogens with zero attached hydrogens (tertiary/aromatic N) is 6. The van der Waals surface area contributed by atoms with Gasteiger partial charge in [-0.1, -0.05) is 12.1 Å². The Labute approximate surface area is 175 Å². The molecule has 30 heavy (non-hydrogen) atoms. The molecule has 8 nitrogen and oxygen atoms in total. The number of imidazole rings is 1. The van der Waals surface area contributed by atoms with Gasteiger partial charge in [-0.2, -0.15) is 5.10 Å². The number of aryl methyl sites for hydroxylation is 2. The molecule has 0 aliphatic rings. The predicted octanol–water partition coefficient (Wildman–Crippen LogP) is 3.78. The first-order chi connectivity index (χ1) is 14.3. The van der Waals surface area contributed by atoms with E-state index in [0.29, 0.717) is 12.4 Å². The van der Waals surface area contributed by atoms with Crippen molar-refractivity contribution in [3.05, 3.63) is 47.5 Å². The van der Waals surface area contributed by atoms with E-state index in [2.05, 4.69) is 33.8 Å². The number of aromatic hydroxyl groups is 1. The predicted molar refractivity (Wildman–Crippen MR) is 118 cm³/mol. The first-order valence-corrected chi connectivity index (χ1v) is 10.1. The molecule has 0 aliphatic heterocycles. The number of benzene rings is 1. The third-order valence-electron chi connectivity index (χ3n) is 5.35. The average Bonchev–Trinajstić information content (AvgIpc) is 3.24. The Bertz CT molecular complexity index is 1190. The minimum Gasteiger partial charge on any atom is -0.508 e. The number of aromatic nitrogens is 6. The molecule has 0 radical (unpaired) electrons. The van der Waals surface area contributed by atoms with Crippen LogP contribution in [0.25, 0.3) is 22.6 Å². The van der Waals surface area contributed by atoms with Crippen LogP contribution in [0.15, 0.2) is 30.6 Å². The molecule has 4 aromatic rings. The molecule has 0 aliphatic carbocycles. The number of hydrogen-bond donors (Lipinski definition) is 2. The average molecular weight is 406 g/mol. The molecule has 0 fully saturated rings. The zero-order valence-electron chi connectivity index (χ0n) is 18.0. The van der Waals surface area contributed by atoms with Crippen molar-refractivity contribution >= 4 is 17.0 Å². The summed E-state index contributed by atoms with van der Waals surface area (Å²) < 4.78 is 3.92. The first kappa shape index (κ1) is 19.9. The standard InChI is InChI=1S/C22H27N7O/c1-13(2)29-12-24-19-21(23-11-10-16-6-8-17(30)9-7-16)25-20(26-22(19)29)18-14(3)27-28(5)15(18)4/h6-9,12-13,30H,10-11H2,1-5H3,(H,23,25,26). The van der Waals surface area contributed by atoms with E-state index < -0.39 is 0 Å². The molecule has 0 spiro atoms. The number of phenols is 1. The highest BCUT2D eigenvalue weighted by molar-refractivity contribution is 5.85. The third-order valence-corrected chi connectivity index (χ3v) is 5.35. The number of fused-ring (bicyclic) bond motifs is 1. The SMILES string of the molecule is Cc1nn(C)c(C)c1-c1nc(NCCc2ccc(O)cc2)c2ncn(C(C)C)c2n1. The monoisotopic (exact) mass is 405 g/mol. The van der Waals surface area contributed by atoms with Crippen molar-refractivity contribution in [2.24, 2.45) is 7.05 Å². The van der Waals surface area contributed by atoms with Crippen molar-refractivity contribution in [3.63, 3.8) is 0 Å². The van der Waals surface area contributed by atoms with Gasteiger partial charge in [0.2, 0.25) is 0 Å². The van der Waals surface area contributed by atoms with Crippen LogP contribution in [0.4, 0.5) is 5.82 Å². The molecular weight excluding hydrogens is 378 g/mol. The Morgan fingerprint density at radius 1 is 1.10 bits per heavy atom. The maximum absolute atomic E-state index is 9.46. The lowest BCUT2D eigenvalue weighted by atomic mass is 10.1. The molecular formula is C22H27N7O. The van der Waals surface area contributed by atoms with E-state index in [4.69, 9.17) is 9.97 Å². The van der Waals surface area contributed by atoms with E-state index in [1.807, 2.05) is 44.0 Å². The van der Waals surface area contributed by atoms with Gasteiger partial charge in [0.05, 0.1) is 17.6 Å². The Kier molecular flexibility index (Phi) is 5.15. The number of phenolic OH excluding ortho intramolecular Hbond substituents is 1. The van der Waals surface area contributed by atoms with Crippen LogP contribution in [0.5, 0.6) is 5.75 Å². The van der Waals surface area contributed by atoms with Crippen LogP contribution in [0.3, 0.4) is 0 Å². The molecule has 0 saturated heterocycles. The molecule has 0 saturated carbocycles. The first-order valence-electron chi connectivity index (χ1n) is 10.1. The molecule has 156 valence electrons. The van der Waals surface area contributed by atoms with Crippen molar-refractivity contribution < 1.29 is 5.11 Å². The van der Waals surface area contributed by atoms with Gasteiger partial charge in [0, 0.05) is 25.3 Å². The molecule has 3 aromatic heterocycles. The third kappa shape index (κ3) is 3.60. The molecule has 8 heteroatoms. The lowest BCUT2D eigenvalue weighted by Gasteiger charge is -2.11. The number of hydrogen-bond acceptors (Lipinski definition) is 6. The minimum absolute atomic E-state index is 0.235. The van der Waals surface area contributed by atoms with Crippen LogP contribution in [0.2, 0.25) is 0 Å². The van der Waals surface area contributed by atoms with Gasteiger partial charge in [-0.05, 0) is 51.8 Å². The highest BCUT2D eigenvalue weighted by Crippen LogP contribution is 2.29. The van der Waals surface area contributed by atoms with Crippen molar-refractivity contribution in [1.82, 2.24) is 29.3 Å². The molecule has 2 N–H and O–H groups in total. The van der Waals surface area contributed by atoms with Crippen LogP contribution in [0, 0.1) is 13.8 Å². The summed E-state index contributed by atoms with van der Waals surface area (Å²) in [5.41, 5.74) is 5.59. The lowest BCUT2D eigenvalue weighted by molar-refractivity contribution is 0.475. The van der Waals surface area contributed by atoms with E-state index >= 15 is 0 Å². The molecule has 0 amide bonds. The van der Waals surface area contributed by atoms with Crippen LogP contribution in [-0.2, 0) is 13.5 Å². The van der Waals surface area contributed by atoms with Gasteiger partial charge in [0.25, 0.3) is 0 Å². The zero-order chi connectivity index (χ0) is 21.4. The quantitative estimate of drug-likeness (QED) is 0.507. The molecule has 0 atom stereocenters. The number of anilines is 1. The van der Waals surface area contributed by atoms with E-state index in [0.717, 1.165) is 45.9 Å². The van der Waals surface area contributed by atoms with Gasteiger partial charge in [-0.3, -0.25) is 4.68 Å². The summed E-state index contributed by atoms with van der Waals surface area (Å²) in [6.07, 6.45) is 2.62. The molecule has 1 aromatic carbocycles. The van der Waals surface area contributed by atoms with Crippen molar-refractivity contribution in [3.8, 4) is 17.1 Å². The summed E-state index contributed by atoms with van der Waals surface area (Å²) in [5, 5.41) is 17.4. The highest BCUT2D eigenvalue weighted by Gasteiger charge is 2.20. The van der Waals surface area contributed by atoms with E-state index in [9.17, 15) is 5.11 Å². The normalized spacial score (nSPS) is 11.5. The summed E-state index contributed by atoms with van der Waals surface area (Å²) in [4.78, 5) is 14.3. The van der Waals surface area contributed by atoms with Crippen LogP contribution in [-0.4, -0.2) is 41.0 Å². The fourth-order valence-corrected chi connectivity index (χ4v) is 3.61. The Hall–Kier alpha value is -3.42. The smallest absolute Gasteiger partial charge is 0.167 e. The van der Waals surface area contributed by atoms with E-state index in [-0.39, 0.29) is 11.8 Å². The lowest BCUT2D eigenvalue weighted by Crippen LogP contribution is -2.09. The molecule has 3 heterocycles. The minimum atomic E-state index is 0.235. The summed E-state index contributed by atoms with van der Waals surface area (Å²) in [5.74, 6) is 1.64. The van der Waals surface area contributed by atoms with E-state index in [1.54, 1.807) is 12.1 Å². The molecule has 0 unspecified atom stereocenters. The van der Waals surface area contributed by atoms with Gasteiger partial charge in [-0.25, -0.2) is 15.0 Å². The zero-order valence-corrected chi connectivity index (χ0v) is 18.0. The number of rotatable bonds is 6. The van der Waals surface area contributed by atoms with Gasteiger partial charge in [0.1, 0.15) is 11.3 Å². The number of nitrogens with one attached hydrogen (secondary N) is 1. The van der Waals surface area contributed by atoms with E-state index in [1.165, 1.54) is 0 Å². The molecule has 4 rings (SSSR count). The Morgan fingerprint density at radius 2 is 1.83 bits per heavy atom. The van der Waals surface area contributed by atoms with Gasteiger partial charge in [0.15, 0.2) is 17.3 Å². The summed E-state index contributed by atoms with van der Waals surface area (Å²) in [6, 6.07) is 7.49. The second-order valence-electron chi connectivity index (χ2n) is 7.83.